The molecule has 29 heavy (non-hydrogen) atoms. The lowest BCUT2D eigenvalue weighted by molar-refractivity contribution is -0.138. The van der Waals surface area contributed by atoms with Crippen LogP contribution in [0.4, 0.5) is 43.4 Å². The fourth-order valence-corrected chi connectivity index (χ4v) is 1.88. The van der Waals surface area contributed by atoms with Crippen molar-refractivity contribution in [2.45, 2.75) is 12.4 Å². The van der Waals surface area contributed by atoms with Gasteiger partial charge in [0.25, 0.3) is 0 Å². The number of para-hydroxylation sites is 2. The van der Waals surface area contributed by atoms with Crippen LogP contribution in [0.25, 0.3) is 0 Å². The number of nitrogens with two attached hydrogens (primary N) is 3. The molecule has 0 aliphatic rings. The fraction of sp³-hybridized carbons (Fsp3) is 0.100. The van der Waals surface area contributed by atoms with E-state index in [2.05, 4.69) is 0 Å². The molecule has 0 spiro atoms. The van der Waals surface area contributed by atoms with Crippen molar-refractivity contribution in [3.05, 3.63) is 90.0 Å². The molecule has 0 amide bonds. The summed E-state index contributed by atoms with van der Waals surface area (Å²) in [5.74, 6) is 0. The van der Waals surface area contributed by atoms with Gasteiger partial charge in [0.15, 0.2) is 0 Å². The van der Waals surface area contributed by atoms with Gasteiger partial charge in [0.2, 0.25) is 0 Å². The van der Waals surface area contributed by atoms with Crippen molar-refractivity contribution in [1.29, 1.82) is 0 Å². The number of hydrogen-bond acceptors (Lipinski definition) is 3. The molecule has 3 nitrogen and oxygen atoms in total. The summed E-state index contributed by atoms with van der Waals surface area (Å²) in [6, 6.07) is 18.8. The van der Waals surface area contributed by atoms with Gasteiger partial charge in [0, 0.05) is 17.1 Å². The first kappa shape index (κ1) is 23.7. The molecule has 0 heterocycles. The third kappa shape index (κ3) is 8.91. The molecule has 0 bridgehead atoms. The number of halogens is 6. The van der Waals surface area contributed by atoms with Crippen molar-refractivity contribution in [2.75, 3.05) is 17.2 Å². The zero-order chi connectivity index (χ0) is 22.1. The summed E-state index contributed by atoms with van der Waals surface area (Å²) >= 11 is 0. The van der Waals surface area contributed by atoms with Crippen molar-refractivity contribution < 1.29 is 26.3 Å². The number of rotatable bonds is 0. The molecule has 0 radical (unpaired) electrons. The van der Waals surface area contributed by atoms with E-state index in [0.29, 0.717) is 5.69 Å². The maximum absolute atomic E-state index is 12.0. The fourth-order valence-electron chi connectivity index (χ4n) is 1.88. The van der Waals surface area contributed by atoms with Crippen LogP contribution in [0.1, 0.15) is 11.1 Å². The smallest absolute Gasteiger partial charge is 0.399 e. The Morgan fingerprint density at radius 2 is 0.931 bits per heavy atom. The summed E-state index contributed by atoms with van der Waals surface area (Å²) in [5.41, 5.74) is 15.1. The van der Waals surface area contributed by atoms with E-state index in [0.717, 1.165) is 23.9 Å². The molecule has 0 atom stereocenters. The van der Waals surface area contributed by atoms with Gasteiger partial charge in [-0.05, 0) is 48.5 Å². The van der Waals surface area contributed by atoms with Gasteiger partial charge in [-0.25, -0.2) is 0 Å². The first-order valence-corrected chi connectivity index (χ1v) is 8.06. The molecule has 0 saturated heterocycles. The van der Waals surface area contributed by atoms with E-state index in [1.165, 1.54) is 30.3 Å². The topological polar surface area (TPSA) is 78.1 Å². The minimum Gasteiger partial charge on any atom is -0.399 e. The molecule has 0 aliphatic carbocycles. The van der Waals surface area contributed by atoms with Crippen LogP contribution < -0.4 is 17.2 Å². The van der Waals surface area contributed by atoms with Crippen LogP contribution in [0.2, 0.25) is 0 Å². The van der Waals surface area contributed by atoms with E-state index in [4.69, 9.17) is 17.2 Å². The highest BCUT2D eigenvalue weighted by molar-refractivity contribution is 5.47. The van der Waals surface area contributed by atoms with Gasteiger partial charge >= 0.3 is 12.4 Å². The SMILES string of the molecule is Nc1ccc(C(F)(F)F)cc1.Nc1ccccc1.Nc1ccccc1C(F)(F)F. The molecular weight excluding hydrogens is 396 g/mol. The number of benzene rings is 3. The van der Waals surface area contributed by atoms with Gasteiger partial charge in [-0.3, -0.25) is 0 Å². The van der Waals surface area contributed by atoms with Gasteiger partial charge in [0.1, 0.15) is 0 Å². The first-order chi connectivity index (χ1) is 13.4. The molecular formula is C20H19F6N3. The Hall–Kier alpha value is -3.36. The van der Waals surface area contributed by atoms with Crippen LogP contribution in [0.3, 0.4) is 0 Å². The van der Waals surface area contributed by atoms with Crippen molar-refractivity contribution in [1.82, 2.24) is 0 Å². The Bertz CT molecular complexity index is 860. The Labute approximate surface area is 163 Å². The average molecular weight is 415 g/mol. The largest absolute Gasteiger partial charge is 0.418 e. The maximum Gasteiger partial charge on any atom is 0.418 e. The van der Waals surface area contributed by atoms with Crippen LogP contribution >= 0.6 is 0 Å². The summed E-state index contributed by atoms with van der Waals surface area (Å²) in [6.45, 7) is 0. The predicted octanol–water partition coefficient (Wildman–Crippen LogP) is 5.84. The highest BCUT2D eigenvalue weighted by Crippen LogP contribution is 2.32. The second-order valence-electron chi connectivity index (χ2n) is 5.62. The van der Waals surface area contributed by atoms with Crippen molar-refractivity contribution in [2.24, 2.45) is 0 Å². The van der Waals surface area contributed by atoms with E-state index >= 15 is 0 Å². The minimum atomic E-state index is -4.34. The molecule has 156 valence electrons. The number of hydrogen-bond donors (Lipinski definition) is 3. The molecule has 3 rings (SSSR count). The third-order valence-corrected chi connectivity index (χ3v) is 3.30. The molecule has 0 aliphatic heterocycles. The summed E-state index contributed by atoms with van der Waals surface area (Å²) in [6.07, 6.45) is -8.61. The van der Waals surface area contributed by atoms with E-state index in [1.807, 2.05) is 30.3 Å². The van der Waals surface area contributed by atoms with Crippen LogP contribution in [0.5, 0.6) is 0 Å². The lowest BCUT2D eigenvalue weighted by atomic mass is 10.2. The van der Waals surface area contributed by atoms with E-state index in [9.17, 15) is 26.3 Å². The normalized spacial score (nSPS) is 10.8. The van der Waals surface area contributed by atoms with Crippen LogP contribution in [-0.2, 0) is 12.4 Å². The number of alkyl halides is 6. The predicted molar refractivity (Wildman–Crippen MR) is 103 cm³/mol. The molecule has 6 N–H and O–H groups in total. The molecule has 0 fully saturated rings. The van der Waals surface area contributed by atoms with Gasteiger partial charge in [-0.2, -0.15) is 26.3 Å². The minimum absolute atomic E-state index is 0.236. The summed E-state index contributed by atoms with van der Waals surface area (Å²) in [7, 11) is 0. The van der Waals surface area contributed by atoms with E-state index < -0.39 is 23.5 Å². The Balaban J connectivity index is 0.000000223. The van der Waals surface area contributed by atoms with Gasteiger partial charge in [-0.15, -0.1) is 0 Å². The van der Waals surface area contributed by atoms with E-state index in [1.54, 1.807) is 0 Å². The Morgan fingerprint density at radius 1 is 0.483 bits per heavy atom. The lowest BCUT2D eigenvalue weighted by Crippen LogP contribution is -2.07. The van der Waals surface area contributed by atoms with Crippen molar-refractivity contribution in [3.63, 3.8) is 0 Å². The lowest BCUT2D eigenvalue weighted by Gasteiger charge is -2.07. The zero-order valence-electron chi connectivity index (χ0n) is 15.0. The molecule has 0 unspecified atom stereocenters. The second kappa shape index (κ2) is 10.3. The Morgan fingerprint density at radius 3 is 1.28 bits per heavy atom. The summed E-state index contributed by atoms with van der Waals surface area (Å²) in [5, 5.41) is 0. The van der Waals surface area contributed by atoms with Crippen molar-refractivity contribution in [3.8, 4) is 0 Å². The molecule has 3 aromatic rings. The maximum atomic E-state index is 12.0. The van der Waals surface area contributed by atoms with Gasteiger partial charge < -0.3 is 17.2 Å². The van der Waals surface area contributed by atoms with Gasteiger partial charge in [-0.1, -0.05) is 30.3 Å². The molecule has 9 heteroatoms. The average Bonchev–Trinajstić information content (AvgIpc) is 2.62. The third-order valence-electron chi connectivity index (χ3n) is 3.30. The summed E-state index contributed by atoms with van der Waals surface area (Å²) in [4.78, 5) is 0. The Kier molecular flexibility index (Phi) is 8.38. The number of anilines is 3. The number of nitrogen functional groups attached to an aromatic ring is 3. The van der Waals surface area contributed by atoms with Gasteiger partial charge in [0.05, 0.1) is 11.1 Å². The quantitative estimate of drug-likeness (QED) is 0.319. The first-order valence-electron chi connectivity index (χ1n) is 8.06. The monoisotopic (exact) mass is 415 g/mol. The molecule has 0 aromatic heterocycles. The summed E-state index contributed by atoms with van der Waals surface area (Å²) < 4.78 is 71.5. The molecule has 3 aromatic carbocycles. The van der Waals surface area contributed by atoms with Crippen LogP contribution in [-0.4, -0.2) is 0 Å². The molecule has 0 saturated carbocycles. The van der Waals surface area contributed by atoms with E-state index in [-0.39, 0.29) is 5.69 Å². The van der Waals surface area contributed by atoms with Crippen LogP contribution in [0, 0.1) is 0 Å². The highest BCUT2D eigenvalue weighted by Gasteiger charge is 2.32. The highest BCUT2D eigenvalue weighted by atomic mass is 19.4. The standard InChI is InChI=1S/2C7H6F3N.C6H7N/c8-7(9,10)5-1-3-6(11)4-2-5;8-7(9,10)5-3-1-2-4-6(5)11;7-6-4-2-1-3-5-6/h2*1-4H,11H2;1-5H,7H2. The van der Waals surface area contributed by atoms with Crippen molar-refractivity contribution >= 4 is 17.1 Å². The van der Waals surface area contributed by atoms with Crippen LogP contribution in [0.15, 0.2) is 78.9 Å². The zero-order valence-corrected chi connectivity index (χ0v) is 15.0. The second-order valence-corrected chi connectivity index (χ2v) is 5.62.